The van der Waals surface area contributed by atoms with E-state index in [0.717, 1.165) is 18.4 Å². The molecule has 0 unspecified atom stereocenters. The number of ether oxygens (including phenoxy) is 1. The Balaban J connectivity index is 1.85. The number of amides is 1. The molecule has 24 heavy (non-hydrogen) atoms. The average Bonchev–Trinajstić information content (AvgIpc) is 3.28. The number of aromatic nitrogens is 2. The van der Waals surface area contributed by atoms with E-state index in [1.165, 1.54) is 7.11 Å². The molecular formula is C18H23N3O3. The molecule has 0 aliphatic heterocycles. The van der Waals surface area contributed by atoms with Crippen LogP contribution in [-0.2, 0) is 6.54 Å². The van der Waals surface area contributed by atoms with Crippen LogP contribution in [0, 0.1) is 0 Å². The van der Waals surface area contributed by atoms with E-state index in [-0.39, 0.29) is 23.7 Å². The molecule has 2 aromatic rings. The molecular weight excluding hydrogens is 306 g/mol. The Bertz CT molecular complexity index is 735. The molecule has 1 heterocycles. The summed E-state index contributed by atoms with van der Waals surface area (Å²) in [5.41, 5.74) is 1.54. The number of nitrogens with zero attached hydrogens (tertiary/aromatic N) is 3. The van der Waals surface area contributed by atoms with E-state index in [0.29, 0.717) is 18.0 Å². The summed E-state index contributed by atoms with van der Waals surface area (Å²) < 4.78 is 6.92. The summed E-state index contributed by atoms with van der Waals surface area (Å²) in [6.45, 7) is 4.51. The zero-order valence-electron chi connectivity index (χ0n) is 14.3. The number of aromatic hydroxyl groups is 1. The van der Waals surface area contributed by atoms with Crippen molar-refractivity contribution in [3.05, 3.63) is 41.7 Å². The number of hydrogen-bond acceptors (Lipinski definition) is 4. The Morgan fingerprint density at radius 1 is 1.42 bits per heavy atom. The molecule has 0 bridgehead atoms. The minimum absolute atomic E-state index is 0.00394. The largest absolute Gasteiger partial charge is 0.504 e. The van der Waals surface area contributed by atoms with Crippen LogP contribution in [0.2, 0.25) is 0 Å². The van der Waals surface area contributed by atoms with Crippen LogP contribution in [0.1, 0.15) is 48.8 Å². The van der Waals surface area contributed by atoms with Gasteiger partial charge in [-0.15, -0.1) is 0 Å². The van der Waals surface area contributed by atoms with Gasteiger partial charge in [0.2, 0.25) is 0 Å². The lowest BCUT2D eigenvalue weighted by molar-refractivity contribution is 0.0715. The Morgan fingerprint density at radius 2 is 2.17 bits per heavy atom. The van der Waals surface area contributed by atoms with E-state index in [1.54, 1.807) is 29.1 Å². The van der Waals surface area contributed by atoms with Gasteiger partial charge in [0.05, 0.1) is 7.11 Å². The summed E-state index contributed by atoms with van der Waals surface area (Å²) in [7, 11) is 1.52. The second-order valence-electron chi connectivity index (χ2n) is 6.43. The van der Waals surface area contributed by atoms with Gasteiger partial charge in [-0.1, -0.05) is 6.07 Å². The molecule has 1 amide bonds. The highest BCUT2D eigenvalue weighted by molar-refractivity contribution is 5.93. The van der Waals surface area contributed by atoms with Crippen molar-refractivity contribution in [3.63, 3.8) is 0 Å². The maximum Gasteiger partial charge on any atom is 0.272 e. The molecule has 6 nitrogen and oxygen atoms in total. The Labute approximate surface area is 141 Å². The number of phenols is 1. The molecule has 1 saturated carbocycles. The smallest absolute Gasteiger partial charge is 0.272 e. The van der Waals surface area contributed by atoms with Crippen LogP contribution in [0.15, 0.2) is 30.5 Å². The lowest BCUT2D eigenvalue weighted by atomic mass is 10.1. The van der Waals surface area contributed by atoms with Crippen LogP contribution in [-0.4, -0.2) is 38.8 Å². The molecule has 1 aliphatic rings. The monoisotopic (exact) mass is 329 g/mol. The highest BCUT2D eigenvalue weighted by atomic mass is 16.5. The Kier molecular flexibility index (Phi) is 4.46. The van der Waals surface area contributed by atoms with Gasteiger partial charge in [0.25, 0.3) is 5.91 Å². The van der Waals surface area contributed by atoms with Gasteiger partial charge in [-0.2, -0.15) is 5.10 Å². The third-order valence-corrected chi connectivity index (χ3v) is 4.22. The van der Waals surface area contributed by atoms with E-state index in [1.807, 2.05) is 24.8 Å². The summed E-state index contributed by atoms with van der Waals surface area (Å²) in [6.07, 6.45) is 3.72. The van der Waals surface area contributed by atoms with E-state index in [2.05, 4.69) is 5.10 Å². The summed E-state index contributed by atoms with van der Waals surface area (Å²) in [6, 6.07) is 7.37. The zero-order chi connectivity index (χ0) is 17.3. The van der Waals surface area contributed by atoms with Gasteiger partial charge >= 0.3 is 0 Å². The molecule has 128 valence electrons. The first-order valence-corrected chi connectivity index (χ1v) is 8.21. The van der Waals surface area contributed by atoms with Gasteiger partial charge in [-0.05, 0) is 50.5 Å². The summed E-state index contributed by atoms with van der Waals surface area (Å²) >= 11 is 0. The second kappa shape index (κ2) is 6.55. The van der Waals surface area contributed by atoms with Crippen molar-refractivity contribution >= 4 is 5.91 Å². The predicted molar refractivity (Wildman–Crippen MR) is 90.2 cm³/mol. The van der Waals surface area contributed by atoms with Crippen LogP contribution >= 0.6 is 0 Å². The van der Waals surface area contributed by atoms with Gasteiger partial charge in [-0.25, -0.2) is 0 Å². The topological polar surface area (TPSA) is 67.6 Å². The number of carbonyl (C=O) groups excluding carboxylic acids is 1. The maximum atomic E-state index is 13.0. The molecule has 0 radical (unpaired) electrons. The molecule has 1 N–H and O–H groups in total. The first-order chi connectivity index (χ1) is 11.5. The van der Waals surface area contributed by atoms with Crippen LogP contribution in [0.3, 0.4) is 0 Å². The van der Waals surface area contributed by atoms with Gasteiger partial charge in [0.15, 0.2) is 11.5 Å². The van der Waals surface area contributed by atoms with Gasteiger partial charge in [0, 0.05) is 24.8 Å². The van der Waals surface area contributed by atoms with Crippen LogP contribution in [0.4, 0.5) is 0 Å². The van der Waals surface area contributed by atoms with E-state index < -0.39 is 0 Å². The van der Waals surface area contributed by atoms with E-state index in [4.69, 9.17) is 4.74 Å². The number of hydrogen-bond donors (Lipinski definition) is 1. The molecule has 1 aromatic heterocycles. The number of carbonyl (C=O) groups is 1. The van der Waals surface area contributed by atoms with Crippen molar-refractivity contribution in [2.24, 2.45) is 0 Å². The van der Waals surface area contributed by atoms with Gasteiger partial charge in [-0.3, -0.25) is 9.48 Å². The average molecular weight is 329 g/mol. The fraction of sp³-hybridized carbons (Fsp3) is 0.444. The lowest BCUT2D eigenvalue weighted by Crippen LogP contribution is -2.34. The first-order valence-electron chi connectivity index (χ1n) is 8.21. The highest BCUT2D eigenvalue weighted by Crippen LogP contribution is 2.32. The quantitative estimate of drug-likeness (QED) is 0.885. The predicted octanol–water partition coefficient (Wildman–Crippen LogP) is 2.98. The van der Waals surface area contributed by atoms with E-state index in [9.17, 15) is 9.90 Å². The summed E-state index contributed by atoms with van der Waals surface area (Å²) in [5.74, 6) is 0.516. The number of benzene rings is 1. The Morgan fingerprint density at radius 3 is 2.79 bits per heavy atom. The van der Waals surface area contributed by atoms with Crippen LogP contribution in [0.25, 0.3) is 0 Å². The number of phenolic OH excluding ortho intramolecular Hbond substituents is 1. The van der Waals surface area contributed by atoms with Crippen molar-refractivity contribution in [2.75, 3.05) is 7.11 Å². The van der Waals surface area contributed by atoms with E-state index >= 15 is 0 Å². The standard InChI is InChI=1S/C18H23N3O3/c1-12(2)21-15(8-9-19-21)18(23)20(14-5-6-14)11-13-4-7-16(22)17(10-13)24-3/h4,7-10,12,14,22H,5-6,11H2,1-3H3. The van der Waals surface area contributed by atoms with Crippen molar-refractivity contribution in [2.45, 2.75) is 45.3 Å². The lowest BCUT2D eigenvalue weighted by Gasteiger charge is -2.24. The molecule has 1 fully saturated rings. The Hall–Kier alpha value is -2.50. The second-order valence-corrected chi connectivity index (χ2v) is 6.43. The van der Waals surface area contributed by atoms with Crippen LogP contribution < -0.4 is 4.74 Å². The molecule has 1 aromatic carbocycles. The van der Waals surface area contributed by atoms with Gasteiger partial charge in [0.1, 0.15) is 5.69 Å². The first kappa shape index (κ1) is 16.4. The normalized spacial score (nSPS) is 14.0. The molecule has 0 spiro atoms. The fourth-order valence-electron chi connectivity index (χ4n) is 2.81. The van der Waals surface area contributed by atoms with Crippen molar-refractivity contribution in [3.8, 4) is 11.5 Å². The molecule has 1 aliphatic carbocycles. The number of rotatable bonds is 6. The molecule has 0 atom stereocenters. The minimum atomic E-state index is -0.00394. The highest BCUT2D eigenvalue weighted by Gasteiger charge is 2.34. The van der Waals surface area contributed by atoms with Crippen molar-refractivity contribution < 1.29 is 14.6 Å². The maximum absolute atomic E-state index is 13.0. The molecule has 0 saturated heterocycles. The third kappa shape index (κ3) is 3.22. The van der Waals surface area contributed by atoms with Gasteiger partial charge < -0.3 is 14.7 Å². The summed E-state index contributed by atoms with van der Waals surface area (Å²) in [4.78, 5) is 14.9. The third-order valence-electron chi connectivity index (χ3n) is 4.22. The van der Waals surface area contributed by atoms with Crippen molar-refractivity contribution in [1.29, 1.82) is 0 Å². The molecule has 6 heteroatoms. The fourth-order valence-corrected chi connectivity index (χ4v) is 2.81. The summed E-state index contributed by atoms with van der Waals surface area (Å²) in [5, 5.41) is 14.0. The zero-order valence-corrected chi connectivity index (χ0v) is 14.3. The molecule has 3 rings (SSSR count). The minimum Gasteiger partial charge on any atom is -0.504 e. The SMILES string of the molecule is COc1cc(CN(C(=O)c2ccnn2C(C)C)C2CC2)ccc1O. The van der Waals surface area contributed by atoms with Crippen LogP contribution in [0.5, 0.6) is 11.5 Å². The number of methoxy groups -OCH3 is 1. The van der Waals surface area contributed by atoms with Crippen molar-refractivity contribution in [1.82, 2.24) is 14.7 Å².